The number of allylic oxidation sites excluding steroid dienone is 1. The van der Waals surface area contributed by atoms with E-state index in [1.807, 2.05) is 6.08 Å². The third-order valence-corrected chi connectivity index (χ3v) is 1.43. The summed E-state index contributed by atoms with van der Waals surface area (Å²) in [5.74, 6) is -0.347. The van der Waals surface area contributed by atoms with Gasteiger partial charge in [-0.25, -0.2) is 0 Å². The van der Waals surface area contributed by atoms with E-state index in [4.69, 9.17) is 4.74 Å². The minimum atomic E-state index is -0.180. The first-order chi connectivity index (χ1) is 5.34. The number of ether oxygens (including phenoxy) is 1. The Balaban J connectivity index is 2.42. The molecule has 0 N–H and O–H groups in total. The molecule has 11 heavy (non-hydrogen) atoms. The van der Waals surface area contributed by atoms with Crippen molar-refractivity contribution in [1.82, 2.24) is 0 Å². The fourth-order valence-corrected chi connectivity index (χ4v) is 0.882. The zero-order valence-corrected chi connectivity index (χ0v) is 6.49. The third kappa shape index (κ3) is 2.18. The van der Waals surface area contributed by atoms with Crippen molar-refractivity contribution in [3.8, 4) is 0 Å². The van der Waals surface area contributed by atoms with E-state index in [-0.39, 0.29) is 11.9 Å². The molecule has 0 bridgehead atoms. The van der Waals surface area contributed by atoms with E-state index in [0.717, 1.165) is 0 Å². The fraction of sp³-hybridized carbons (Fsp3) is 0.500. The Kier molecular flexibility index (Phi) is 2.83. The van der Waals surface area contributed by atoms with Crippen LogP contribution in [0.4, 0.5) is 0 Å². The van der Waals surface area contributed by atoms with Crippen LogP contribution in [0, 0.1) is 5.92 Å². The maximum absolute atomic E-state index is 11.1. The molecule has 1 rings (SSSR count). The monoisotopic (exact) mass is 153 g/mol. The first-order valence-corrected chi connectivity index (χ1v) is 3.68. The van der Waals surface area contributed by atoms with Gasteiger partial charge < -0.3 is 4.74 Å². The summed E-state index contributed by atoms with van der Waals surface area (Å²) in [5, 5.41) is 0. The van der Waals surface area contributed by atoms with E-state index < -0.39 is 0 Å². The summed E-state index contributed by atoms with van der Waals surface area (Å²) in [6.07, 6.45) is 5.27. The van der Waals surface area contributed by atoms with Gasteiger partial charge in [0.1, 0.15) is 0 Å². The number of carbonyl (C=O) groups excluding carboxylic acids is 1. The summed E-state index contributed by atoms with van der Waals surface area (Å²) < 4.78 is 4.82. The van der Waals surface area contributed by atoms with Gasteiger partial charge in [-0.2, -0.15) is 0 Å². The van der Waals surface area contributed by atoms with Gasteiger partial charge in [0.15, 0.2) is 0 Å². The maximum Gasteiger partial charge on any atom is 0.314 e. The van der Waals surface area contributed by atoms with Crippen LogP contribution in [-0.4, -0.2) is 25.3 Å². The molecule has 0 aromatic carbocycles. The number of aliphatic imine (C=N–C) groups is 1. The van der Waals surface area contributed by atoms with E-state index >= 15 is 0 Å². The van der Waals surface area contributed by atoms with Gasteiger partial charge in [0.25, 0.3) is 0 Å². The second-order valence-corrected chi connectivity index (χ2v) is 2.26. The second-order valence-electron chi connectivity index (χ2n) is 2.26. The molecule has 0 saturated carbocycles. The Bertz CT molecular complexity index is 196. The van der Waals surface area contributed by atoms with Crippen LogP contribution >= 0.6 is 0 Å². The molecule has 1 aliphatic rings. The number of dihydropyridines is 1. The Morgan fingerprint density at radius 3 is 3.18 bits per heavy atom. The van der Waals surface area contributed by atoms with Crippen molar-refractivity contribution in [2.24, 2.45) is 10.9 Å². The summed E-state index contributed by atoms with van der Waals surface area (Å²) in [6.45, 7) is 2.76. The first kappa shape index (κ1) is 7.98. The van der Waals surface area contributed by atoms with Gasteiger partial charge in [-0.1, -0.05) is 6.08 Å². The molecule has 0 fully saturated rings. The van der Waals surface area contributed by atoms with Crippen molar-refractivity contribution in [3.63, 3.8) is 0 Å². The zero-order valence-electron chi connectivity index (χ0n) is 6.49. The molecule has 0 aromatic rings. The van der Waals surface area contributed by atoms with Crippen molar-refractivity contribution in [3.05, 3.63) is 12.2 Å². The lowest BCUT2D eigenvalue weighted by molar-refractivity contribution is -0.145. The number of esters is 1. The topological polar surface area (TPSA) is 38.7 Å². The van der Waals surface area contributed by atoms with Gasteiger partial charge in [-0.05, 0) is 13.0 Å². The van der Waals surface area contributed by atoms with Crippen molar-refractivity contribution in [1.29, 1.82) is 0 Å². The minimum Gasteiger partial charge on any atom is -0.465 e. The summed E-state index contributed by atoms with van der Waals surface area (Å²) in [5.41, 5.74) is 0. The lowest BCUT2D eigenvalue weighted by atomic mass is 10.1. The van der Waals surface area contributed by atoms with Gasteiger partial charge in [0, 0.05) is 6.21 Å². The highest BCUT2D eigenvalue weighted by Crippen LogP contribution is 2.05. The molecule has 0 aliphatic carbocycles. The van der Waals surface area contributed by atoms with E-state index in [1.165, 1.54) is 0 Å². The molecule has 3 heteroatoms. The standard InChI is InChI=1S/C8H11NO2/c1-2-11-8(10)7-4-3-5-9-6-7/h3-5,7H,2,6H2,1H3. The van der Waals surface area contributed by atoms with Gasteiger partial charge in [0.2, 0.25) is 0 Å². The second kappa shape index (κ2) is 3.91. The molecule has 0 spiro atoms. The number of carbonyl (C=O) groups is 1. The number of rotatable bonds is 2. The highest BCUT2D eigenvalue weighted by Gasteiger charge is 2.16. The number of hydrogen-bond acceptors (Lipinski definition) is 3. The lowest BCUT2D eigenvalue weighted by Crippen LogP contribution is -2.19. The summed E-state index contributed by atoms with van der Waals surface area (Å²) >= 11 is 0. The Labute approximate surface area is 65.8 Å². The first-order valence-electron chi connectivity index (χ1n) is 3.68. The average Bonchev–Trinajstić information content (AvgIpc) is 2.07. The summed E-state index contributed by atoms with van der Waals surface area (Å²) in [7, 11) is 0. The minimum absolute atomic E-state index is 0.167. The summed E-state index contributed by atoms with van der Waals surface area (Å²) in [6, 6.07) is 0. The van der Waals surface area contributed by atoms with Crippen molar-refractivity contribution < 1.29 is 9.53 Å². The smallest absolute Gasteiger partial charge is 0.314 e. The molecule has 1 atom stereocenters. The molecule has 3 nitrogen and oxygen atoms in total. The van der Waals surface area contributed by atoms with Gasteiger partial charge in [-0.15, -0.1) is 0 Å². The van der Waals surface area contributed by atoms with Gasteiger partial charge >= 0.3 is 5.97 Å². The Morgan fingerprint density at radius 2 is 2.64 bits per heavy atom. The van der Waals surface area contributed by atoms with Crippen LogP contribution in [0.25, 0.3) is 0 Å². The predicted molar refractivity (Wildman–Crippen MR) is 42.6 cm³/mol. The molecule has 0 radical (unpaired) electrons. The van der Waals surface area contributed by atoms with Crippen LogP contribution in [0.1, 0.15) is 6.92 Å². The SMILES string of the molecule is CCOC(=O)C1C=CC=NC1. The summed E-state index contributed by atoms with van der Waals surface area (Å²) in [4.78, 5) is 15.0. The van der Waals surface area contributed by atoms with Crippen LogP contribution in [0.2, 0.25) is 0 Å². The quantitative estimate of drug-likeness (QED) is 0.550. The number of nitrogens with zero attached hydrogens (tertiary/aromatic N) is 1. The molecule has 60 valence electrons. The molecule has 0 aromatic heterocycles. The molecule has 0 saturated heterocycles. The normalized spacial score (nSPS) is 21.7. The third-order valence-electron chi connectivity index (χ3n) is 1.43. The van der Waals surface area contributed by atoms with E-state index in [0.29, 0.717) is 13.2 Å². The highest BCUT2D eigenvalue weighted by molar-refractivity contribution is 5.80. The lowest BCUT2D eigenvalue weighted by Gasteiger charge is -2.10. The van der Waals surface area contributed by atoms with Crippen LogP contribution in [0.5, 0.6) is 0 Å². The Hall–Kier alpha value is -1.12. The number of hydrogen-bond donors (Lipinski definition) is 0. The molecule has 1 heterocycles. The maximum atomic E-state index is 11.1. The van der Waals surface area contributed by atoms with Gasteiger partial charge in [-0.3, -0.25) is 9.79 Å². The Morgan fingerprint density at radius 1 is 1.82 bits per heavy atom. The molecule has 0 amide bonds. The predicted octanol–water partition coefficient (Wildman–Crippen LogP) is 0.806. The van der Waals surface area contributed by atoms with Crippen LogP contribution in [-0.2, 0) is 9.53 Å². The van der Waals surface area contributed by atoms with Crippen molar-refractivity contribution >= 4 is 12.2 Å². The van der Waals surface area contributed by atoms with Gasteiger partial charge in [0.05, 0.1) is 19.1 Å². The van der Waals surface area contributed by atoms with Crippen molar-refractivity contribution in [2.75, 3.05) is 13.2 Å². The average molecular weight is 153 g/mol. The van der Waals surface area contributed by atoms with E-state index in [1.54, 1.807) is 19.2 Å². The molecule has 1 aliphatic heterocycles. The van der Waals surface area contributed by atoms with E-state index in [9.17, 15) is 4.79 Å². The van der Waals surface area contributed by atoms with Crippen LogP contribution < -0.4 is 0 Å². The molecular weight excluding hydrogens is 142 g/mol. The molecule has 1 unspecified atom stereocenters. The van der Waals surface area contributed by atoms with Crippen molar-refractivity contribution in [2.45, 2.75) is 6.92 Å². The highest BCUT2D eigenvalue weighted by atomic mass is 16.5. The zero-order chi connectivity index (χ0) is 8.10. The fourth-order valence-electron chi connectivity index (χ4n) is 0.882. The van der Waals surface area contributed by atoms with Crippen LogP contribution in [0.15, 0.2) is 17.1 Å². The van der Waals surface area contributed by atoms with Crippen LogP contribution in [0.3, 0.4) is 0 Å². The molecular formula is C8H11NO2. The largest absolute Gasteiger partial charge is 0.465 e. The van der Waals surface area contributed by atoms with E-state index in [2.05, 4.69) is 4.99 Å².